The summed E-state index contributed by atoms with van der Waals surface area (Å²) in [5.41, 5.74) is 1.53. The van der Waals surface area contributed by atoms with Crippen LogP contribution in [0.5, 0.6) is 0 Å². The summed E-state index contributed by atoms with van der Waals surface area (Å²) in [6.45, 7) is 2.13. The number of hydrogen-bond acceptors (Lipinski definition) is 4. The quantitative estimate of drug-likeness (QED) is 0.887. The Morgan fingerprint density at radius 2 is 2.05 bits per heavy atom. The predicted octanol–water partition coefficient (Wildman–Crippen LogP) is 2.05. The Hall–Kier alpha value is -1.99. The fraction of sp³-hybridized carbons (Fsp3) is 0.214. The van der Waals surface area contributed by atoms with Crippen LogP contribution in [0.25, 0.3) is 0 Å². The highest BCUT2D eigenvalue weighted by molar-refractivity contribution is 7.92. The number of benzene rings is 1. The molecule has 0 fully saturated rings. The van der Waals surface area contributed by atoms with Gasteiger partial charge in [0.05, 0.1) is 11.4 Å². The van der Waals surface area contributed by atoms with Gasteiger partial charge in [0.15, 0.2) is 0 Å². The molecule has 0 aliphatic rings. The third kappa shape index (κ3) is 3.56. The summed E-state index contributed by atoms with van der Waals surface area (Å²) in [5.74, 6) is -0.788. The molecule has 1 heterocycles. The lowest BCUT2D eigenvalue weighted by Crippen LogP contribution is -2.16. The molecule has 1 aromatic heterocycles. The molecule has 0 spiro atoms. The lowest BCUT2D eigenvalue weighted by molar-refractivity contribution is 0.569. The molecule has 112 valence electrons. The van der Waals surface area contributed by atoms with Gasteiger partial charge in [0.25, 0.3) is 10.0 Å². The van der Waals surface area contributed by atoms with Crippen molar-refractivity contribution in [2.45, 2.75) is 18.4 Å². The second kappa shape index (κ2) is 6.19. The van der Waals surface area contributed by atoms with Crippen molar-refractivity contribution in [2.24, 2.45) is 0 Å². The van der Waals surface area contributed by atoms with E-state index in [1.807, 2.05) is 0 Å². The first-order valence-corrected chi connectivity index (χ1v) is 7.80. The standard InChI is InChI=1S/C14H16FN3O2S/c1-10-13(4-3-7-17-10)18-21(19,20)14-8-11(9-16-2)5-6-12(14)15/h3-8,16,18H,9H2,1-2H3. The van der Waals surface area contributed by atoms with E-state index in [0.29, 0.717) is 23.5 Å². The topological polar surface area (TPSA) is 71.1 Å². The number of rotatable bonds is 5. The van der Waals surface area contributed by atoms with Gasteiger partial charge in [-0.3, -0.25) is 9.71 Å². The molecule has 0 aliphatic carbocycles. The first-order valence-electron chi connectivity index (χ1n) is 6.31. The molecule has 0 amide bonds. The van der Waals surface area contributed by atoms with Crippen molar-refractivity contribution in [1.82, 2.24) is 10.3 Å². The lowest BCUT2D eigenvalue weighted by atomic mass is 10.2. The van der Waals surface area contributed by atoms with Gasteiger partial charge in [-0.25, -0.2) is 12.8 Å². The number of halogens is 1. The number of nitrogens with one attached hydrogen (secondary N) is 2. The van der Waals surface area contributed by atoms with Gasteiger partial charge >= 0.3 is 0 Å². The van der Waals surface area contributed by atoms with Crippen LogP contribution >= 0.6 is 0 Å². The molecule has 5 nitrogen and oxygen atoms in total. The van der Waals surface area contributed by atoms with Crippen LogP contribution in [0.2, 0.25) is 0 Å². The lowest BCUT2D eigenvalue weighted by Gasteiger charge is -2.11. The van der Waals surface area contributed by atoms with Crippen molar-refractivity contribution < 1.29 is 12.8 Å². The van der Waals surface area contributed by atoms with E-state index in [-0.39, 0.29) is 4.90 Å². The molecule has 21 heavy (non-hydrogen) atoms. The Kier molecular flexibility index (Phi) is 4.54. The molecule has 7 heteroatoms. The summed E-state index contributed by atoms with van der Waals surface area (Å²) in [6, 6.07) is 7.20. The molecule has 2 N–H and O–H groups in total. The van der Waals surface area contributed by atoms with Crippen LogP contribution in [0, 0.1) is 12.7 Å². The van der Waals surface area contributed by atoms with E-state index in [0.717, 1.165) is 6.07 Å². The van der Waals surface area contributed by atoms with Crippen LogP contribution in [-0.2, 0) is 16.6 Å². The van der Waals surface area contributed by atoms with Gasteiger partial charge in [-0.1, -0.05) is 6.07 Å². The maximum atomic E-state index is 13.9. The van der Waals surface area contributed by atoms with E-state index in [2.05, 4.69) is 15.0 Å². The number of nitrogens with zero attached hydrogens (tertiary/aromatic N) is 1. The molecule has 1 aromatic carbocycles. The van der Waals surface area contributed by atoms with Crippen molar-refractivity contribution in [3.05, 3.63) is 53.6 Å². The predicted molar refractivity (Wildman–Crippen MR) is 78.9 cm³/mol. The summed E-state index contributed by atoms with van der Waals surface area (Å²) in [5, 5.41) is 2.89. The number of aryl methyl sites for hydroxylation is 1. The molecule has 2 aromatic rings. The maximum Gasteiger partial charge on any atom is 0.264 e. The second-order valence-electron chi connectivity index (χ2n) is 4.54. The first kappa shape index (κ1) is 15.4. The molecular weight excluding hydrogens is 293 g/mol. The Bertz CT molecular complexity index is 748. The van der Waals surface area contributed by atoms with Crippen LogP contribution in [0.1, 0.15) is 11.3 Å². The number of sulfonamides is 1. The van der Waals surface area contributed by atoms with Gasteiger partial charge in [0.1, 0.15) is 10.7 Å². The minimum Gasteiger partial charge on any atom is -0.316 e. The highest BCUT2D eigenvalue weighted by Gasteiger charge is 2.20. The largest absolute Gasteiger partial charge is 0.316 e. The zero-order chi connectivity index (χ0) is 15.5. The van der Waals surface area contributed by atoms with Gasteiger partial charge in [-0.15, -0.1) is 0 Å². The zero-order valence-electron chi connectivity index (χ0n) is 11.7. The SMILES string of the molecule is CNCc1ccc(F)c(S(=O)(=O)Nc2cccnc2C)c1. The van der Waals surface area contributed by atoms with Gasteiger partial charge in [-0.2, -0.15) is 0 Å². The van der Waals surface area contributed by atoms with E-state index in [1.54, 1.807) is 38.4 Å². The highest BCUT2D eigenvalue weighted by Crippen LogP contribution is 2.21. The molecule has 0 aliphatic heterocycles. The summed E-state index contributed by atoms with van der Waals surface area (Å²) >= 11 is 0. The van der Waals surface area contributed by atoms with Crippen molar-refractivity contribution in [1.29, 1.82) is 0 Å². The molecule has 0 bridgehead atoms. The first-order chi connectivity index (χ1) is 9.94. The fourth-order valence-electron chi connectivity index (χ4n) is 1.86. The van der Waals surface area contributed by atoms with Gasteiger partial charge in [0, 0.05) is 12.7 Å². The van der Waals surface area contributed by atoms with Crippen LogP contribution in [-0.4, -0.2) is 20.4 Å². The number of hydrogen-bond donors (Lipinski definition) is 2. The minimum atomic E-state index is -4.00. The summed E-state index contributed by atoms with van der Waals surface area (Å²) in [7, 11) is -2.27. The van der Waals surface area contributed by atoms with Crippen LogP contribution in [0.3, 0.4) is 0 Å². The van der Waals surface area contributed by atoms with E-state index >= 15 is 0 Å². The van der Waals surface area contributed by atoms with Crippen LogP contribution < -0.4 is 10.0 Å². The third-order valence-corrected chi connectivity index (χ3v) is 4.30. The Labute approximate surface area is 123 Å². The molecule has 0 atom stereocenters. The number of aromatic nitrogens is 1. The average Bonchev–Trinajstić information content (AvgIpc) is 2.43. The van der Waals surface area contributed by atoms with Gasteiger partial charge in [-0.05, 0) is 43.8 Å². The van der Waals surface area contributed by atoms with Crippen LogP contribution in [0.15, 0.2) is 41.4 Å². The third-order valence-electron chi connectivity index (χ3n) is 2.92. The summed E-state index contributed by atoms with van der Waals surface area (Å²) in [4.78, 5) is 3.62. The van der Waals surface area contributed by atoms with Gasteiger partial charge < -0.3 is 5.32 Å². The molecule has 0 radical (unpaired) electrons. The smallest absolute Gasteiger partial charge is 0.264 e. The fourth-order valence-corrected chi connectivity index (χ4v) is 3.11. The van der Waals surface area contributed by atoms with Crippen LogP contribution in [0.4, 0.5) is 10.1 Å². The molecule has 0 unspecified atom stereocenters. The highest BCUT2D eigenvalue weighted by atomic mass is 32.2. The summed E-state index contributed by atoms with van der Waals surface area (Å²) in [6.07, 6.45) is 1.56. The molecule has 2 rings (SSSR count). The van der Waals surface area contributed by atoms with Gasteiger partial charge in [0.2, 0.25) is 0 Å². The number of anilines is 1. The molecule has 0 saturated heterocycles. The molecular formula is C14H16FN3O2S. The molecule has 0 saturated carbocycles. The monoisotopic (exact) mass is 309 g/mol. The summed E-state index contributed by atoms with van der Waals surface area (Å²) < 4.78 is 40.9. The second-order valence-corrected chi connectivity index (χ2v) is 6.19. The van der Waals surface area contributed by atoms with E-state index in [4.69, 9.17) is 0 Å². The Morgan fingerprint density at radius 3 is 2.71 bits per heavy atom. The van der Waals surface area contributed by atoms with Crippen molar-refractivity contribution in [2.75, 3.05) is 11.8 Å². The maximum absolute atomic E-state index is 13.9. The van der Waals surface area contributed by atoms with Crippen molar-refractivity contribution >= 4 is 15.7 Å². The van der Waals surface area contributed by atoms with Crippen molar-refractivity contribution in [3.8, 4) is 0 Å². The average molecular weight is 309 g/mol. The number of pyridine rings is 1. The zero-order valence-corrected chi connectivity index (χ0v) is 12.5. The van der Waals surface area contributed by atoms with E-state index in [9.17, 15) is 12.8 Å². The van der Waals surface area contributed by atoms with E-state index < -0.39 is 15.8 Å². The Morgan fingerprint density at radius 1 is 1.29 bits per heavy atom. The van der Waals surface area contributed by atoms with E-state index in [1.165, 1.54) is 6.07 Å². The Balaban J connectivity index is 2.40. The van der Waals surface area contributed by atoms with Crippen molar-refractivity contribution in [3.63, 3.8) is 0 Å². The minimum absolute atomic E-state index is 0.330. The normalized spacial score (nSPS) is 11.4.